The fourth-order valence-electron chi connectivity index (χ4n) is 1.58. The van der Waals surface area contributed by atoms with Crippen molar-refractivity contribution in [2.24, 2.45) is 0 Å². The normalized spacial score (nSPS) is 10.2. The Morgan fingerprint density at radius 1 is 1.16 bits per heavy atom. The summed E-state index contributed by atoms with van der Waals surface area (Å²) < 4.78 is 0.718. The Morgan fingerprint density at radius 2 is 1.79 bits per heavy atom. The quantitative estimate of drug-likeness (QED) is 0.639. The number of rotatable bonds is 2. The summed E-state index contributed by atoms with van der Waals surface area (Å²) in [5.74, 6) is -1.19. The smallest absolute Gasteiger partial charge is 0.263 e. The van der Waals surface area contributed by atoms with Crippen molar-refractivity contribution in [1.29, 1.82) is 0 Å². The first-order chi connectivity index (χ1) is 8.99. The van der Waals surface area contributed by atoms with E-state index in [1.807, 2.05) is 0 Å². The minimum Gasteiger partial charge on any atom is -0.507 e. The summed E-state index contributed by atoms with van der Waals surface area (Å²) >= 11 is 3.25. The van der Waals surface area contributed by atoms with Crippen molar-refractivity contribution in [2.75, 3.05) is 11.1 Å². The lowest BCUT2D eigenvalue weighted by molar-refractivity contribution is 0.102. The number of phenols is 2. The van der Waals surface area contributed by atoms with Crippen LogP contribution in [0.4, 0.5) is 11.4 Å². The van der Waals surface area contributed by atoms with Crippen LogP contribution in [0.25, 0.3) is 0 Å². The fourth-order valence-corrected chi connectivity index (χ4v) is 1.82. The van der Waals surface area contributed by atoms with E-state index in [1.54, 1.807) is 18.2 Å². The van der Waals surface area contributed by atoms with Crippen LogP contribution in [0.5, 0.6) is 11.5 Å². The number of carbonyl (C=O) groups excluding carboxylic acids is 1. The molecule has 0 aliphatic carbocycles. The number of nitrogens with two attached hydrogens (primary N) is 1. The molecule has 1 amide bonds. The molecule has 0 saturated heterocycles. The molecule has 0 aliphatic heterocycles. The Bertz CT molecular complexity index is 624. The highest BCUT2D eigenvalue weighted by Gasteiger charge is 2.16. The summed E-state index contributed by atoms with van der Waals surface area (Å²) in [7, 11) is 0. The van der Waals surface area contributed by atoms with E-state index in [1.165, 1.54) is 18.2 Å². The van der Waals surface area contributed by atoms with Crippen molar-refractivity contribution in [3.63, 3.8) is 0 Å². The lowest BCUT2D eigenvalue weighted by Gasteiger charge is -2.09. The molecule has 2 aromatic rings. The van der Waals surface area contributed by atoms with Crippen LogP contribution >= 0.6 is 15.9 Å². The molecule has 0 heterocycles. The van der Waals surface area contributed by atoms with Gasteiger partial charge in [0.2, 0.25) is 0 Å². The first-order valence-corrected chi connectivity index (χ1v) is 6.15. The van der Waals surface area contributed by atoms with Crippen LogP contribution in [-0.4, -0.2) is 16.1 Å². The Balaban J connectivity index is 2.28. The molecule has 0 radical (unpaired) electrons. The Morgan fingerprint density at radius 3 is 2.37 bits per heavy atom. The second-order valence-corrected chi connectivity index (χ2v) is 4.72. The monoisotopic (exact) mass is 322 g/mol. The fraction of sp³-hybridized carbons (Fsp3) is 0. The minimum atomic E-state index is -0.614. The maximum Gasteiger partial charge on any atom is 0.263 e. The van der Waals surface area contributed by atoms with Gasteiger partial charge in [-0.05, 0) is 46.3 Å². The maximum atomic E-state index is 12.0. The molecular formula is C13H11BrN2O3. The van der Waals surface area contributed by atoms with Gasteiger partial charge in [-0.15, -0.1) is 0 Å². The number of amides is 1. The summed E-state index contributed by atoms with van der Waals surface area (Å²) in [4.78, 5) is 12.0. The molecular weight excluding hydrogens is 312 g/mol. The van der Waals surface area contributed by atoms with Gasteiger partial charge < -0.3 is 21.3 Å². The van der Waals surface area contributed by atoms with Crippen molar-refractivity contribution in [3.8, 4) is 11.5 Å². The number of nitrogen functional groups attached to an aromatic ring is 1. The lowest BCUT2D eigenvalue weighted by atomic mass is 10.1. The molecule has 0 fully saturated rings. The van der Waals surface area contributed by atoms with Gasteiger partial charge in [-0.25, -0.2) is 0 Å². The number of aromatic hydroxyl groups is 2. The molecule has 0 bridgehead atoms. The molecule has 2 aromatic carbocycles. The first kappa shape index (κ1) is 13.2. The molecule has 0 atom stereocenters. The lowest BCUT2D eigenvalue weighted by Crippen LogP contribution is -2.12. The number of carbonyl (C=O) groups is 1. The third kappa shape index (κ3) is 2.79. The Hall–Kier alpha value is -2.21. The number of hydrogen-bond acceptors (Lipinski definition) is 4. The number of benzene rings is 2. The highest BCUT2D eigenvalue weighted by atomic mass is 79.9. The number of halogens is 1. The standard InChI is InChI=1S/C13H11BrN2O3/c14-8-5-4-7(6-9(8)15)16-13(19)12-10(17)2-1-3-11(12)18/h1-6,17-18H,15H2,(H,16,19). The van der Waals surface area contributed by atoms with Gasteiger partial charge in [0.25, 0.3) is 5.91 Å². The number of nitrogens with one attached hydrogen (secondary N) is 1. The van der Waals surface area contributed by atoms with Crippen LogP contribution in [0, 0.1) is 0 Å². The van der Waals surface area contributed by atoms with Gasteiger partial charge in [0, 0.05) is 15.8 Å². The van der Waals surface area contributed by atoms with E-state index in [4.69, 9.17) is 5.73 Å². The molecule has 0 unspecified atom stereocenters. The van der Waals surface area contributed by atoms with Gasteiger partial charge in [0.15, 0.2) is 0 Å². The molecule has 6 heteroatoms. The zero-order chi connectivity index (χ0) is 14.0. The van der Waals surface area contributed by atoms with Gasteiger partial charge >= 0.3 is 0 Å². The largest absolute Gasteiger partial charge is 0.507 e. The van der Waals surface area contributed by atoms with E-state index in [9.17, 15) is 15.0 Å². The summed E-state index contributed by atoms with van der Waals surface area (Å²) in [5, 5.41) is 21.7. The minimum absolute atomic E-state index is 0.177. The average molecular weight is 323 g/mol. The highest BCUT2D eigenvalue weighted by Crippen LogP contribution is 2.28. The predicted molar refractivity (Wildman–Crippen MR) is 76.3 cm³/mol. The van der Waals surface area contributed by atoms with E-state index in [-0.39, 0.29) is 17.1 Å². The Kier molecular flexibility index (Phi) is 3.62. The van der Waals surface area contributed by atoms with Gasteiger partial charge in [-0.3, -0.25) is 4.79 Å². The van der Waals surface area contributed by atoms with E-state index in [0.717, 1.165) is 4.47 Å². The molecule has 2 rings (SSSR count). The van der Waals surface area contributed by atoms with Crippen LogP contribution in [0.15, 0.2) is 40.9 Å². The van der Waals surface area contributed by atoms with Crippen molar-refractivity contribution in [1.82, 2.24) is 0 Å². The molecule has 0 spiro atoms. The summed E-state index contributed by atoms with van der Waals surface area (Å²) in [6, 6.07) is 9.00. The molecule has 5 N–H and O–H groups in total. The predicted octanol–water partition coefficient (Wildman–Crippen LogP) is 2.69. The van der Waals surface area contributed by atoms with Gasteiger partial charge in [0.1, 0.15) is 17.1 Å². The summed E-state index contributed by atoms with van der Waals surface area (Å²) in [5.41, 5.74) is 6.46. The summed E-state index contributed by atoms with van der Waals surface area (Å²) in [6.45, 7) is 0. The number of hydrogen-bond donors (Lipinski definition) is 4. The van der Waals surface area contributed by atoms with Crippen molar-refractivity contribution in [3.05, 3.63) is 46.4 Å². The third-order valence-electron chi connectivity index (χ3n) is 2.50. The van der Waals surface area contributed by atoms with Gasteiger partial charge in [-0.1, -0.05) is 6.07 Å². The summed E-state index contributed by atoms with van der Waals surface area (Å²) in [6.07, 6.45) is 0. The van der Waals surface area contributed by atoms with E-state index in [2.05, 4.69) is 21.2 Å². The molecule has 0 aliphatic rings. The zero-order valence-electron chi connectivity index (χ0n) is 9.72. The van der Waals surface area contributed by atoms with Crippen LogP contribution in [0.2, 0.25) is 0 Å². The van der Waals surface area contributed by atoms with E-state index >= 15 is 0 Å². The van der Waals surface area contributed by atoms with Crippen molar-refractivity contribution >= 4 is 33.2 Å². The van der Waals surface area contributed by atoms with Crippen LogP contribution in [0.1, 0.15) is 10.4 Å². The molecule has 0 saturated carbocycles. The average Bonchev–Trinajstić information content (AvgIpc) is 2.33. The zero-order valence-corrected chi connectivity index (χ0v) is 11.3. The maximum absolute atomic E-state index is 12.0. The molecule has 0 aromatic heterocycles. The number of anilines is 2. The first-order valence-electron chi connectivity index (χ1n) is 5.36. The van der Waals surface area contributed by atoms with Gasteiger partial charge in [0.05, 0.1) is 0 Å². The van der Waals surface area contributed by atoms with E-state index in [0.29, 0.717) is 11.4 Å². The van der Waals surface area contributed by atoms with Crippen LogP contribution < -0.4 is 11.1 Å². The highest BCUT2D eigenvalue weighted by molar-refractivity contribution is 9.10. The second kappa shape index (κ2) is 5.19. The number of phenolic OH excluding ortho intramolecular Hbond substituents is 2. The topological polar surface area (TPSA) is 95.6 Å². The van der Waals surface area contributed by atoms with Crippen molar-refractivity contribution < 1.29 is 15.0 Å². The van der Waals surface area contributed by atoms with Crippen LogP contribution in [0.3, 0.4) is 0 Å². The SMILES string of the molecule is Nc1cc(NC(=O)c2c(O)cccc2O)ccc1Br. The van der Waals surface area contributed by atoms with Crippen LogP contribution in [-0.2, 0) is 0 Å². The second-order valence-electron chi connectivity index (χ2n) is 3.86. The van der Waals surface area contributed by atoms with Gasteiger partial charge in [-0.2, -0.15) is 0 Å². The molecule has 5 nitrogen and oxygen atoms in total. The molecule has 19 heavy (non-hydrogen) atoms. The molecule has 98 valence electrons. The van der Waals surface area contributed by atoms with E-state index < -0.39 is 5.91 Å². The van der Waals surface area contributed by atoms with Crippen molar-refractivity contribution in [2.45, 2.75) is 0 Å². The third-order valence-corrected chi connectivity index (χ3v) is 3.22. The Labute approximate surface area is 117 Å².